The molecule has 0 radical (unpaired) electrons. The van der Waals surface area contributed by atoms with E-state index in [1.807, 2.05) is 25.7 Å². The van der Waals surface area contributed by atoms with Gasteiger partial charge in [0.05, 0.1) is 12.6 Å². The summed E-state index contributed by atoms with van der Waals surface area (Å²) in [6.45, 7) is 8.01. The van der Waals surface area contributed by atoms with Gasteiger partial charge in [0.1, 0.15) is 5.60 Å². The third-order valence-corrected chi connectivity index (χ3v) is 6.24. The van der Waals surface area contributed by atoms with Gasteiger partial charge in [-0.1, -0.05) is 12.8 Å². The Labute approximate surface area is 172 Å². The smallest absolute Gasteiger partial charge is 0.410 e. The summed E-state index contributed by atoms with van der Waals surface area (Å²) in [5.74, 6) is 2.47. The molecule has 0 bridgehead atoms. The van der Waals surface area contributed by atoms with Gasteiger partial charge in [-0.2, -0.15) is 0 Å². The van der Waals surface area contributed by atoms with E-state index in [0.717, 1.165) is 31.0 Å². The van der Waals surface area contributed by atoms with E-state index in [2.05, 4.69) is 14.8 Å². The van der Waals surface area contributed by atoms with Gasteiger partial charge in [-0.25, -0.2) is 4.79 Å². The van der Waals surface area contributed by atoms with Crippen LogP contribution in [0.5, 0.6) is 0 Å². The molecule has 0 N–H and O–H groups in total. The van der Waals surface area contributed by atoms with Crippen LogP contribution >= 0.6 is 0 Å². The number of nitrogens with zero attached hydrogens (tertiary/aromatic N) is 5. The highest BCUT2D eigenvalue weighted by atomic mass is 16.6. The van der Waals surface area contributed by atoms with Crippen LogP contribution in [0.1, 0.15) is 83.4 Å². The highest BCUT2D eigenvalue weighted by Gasteiger charge is 2.37. The first-order valence-electron chi connectivity index (χ1n) is 11.0. The molecule has 1 saturated heterocycles. The third-order valence-electron chi connectivity index (χ3n) is 6.24. The normalized spacial score (nSPS) is 22.8. The second kappa shape index (κ2) is 7.95. The fourth-order valence-electron chi connectivity index (χ4n) is 4.82. The molecule has 8 nitrogen and oxygen atoms in total. The summed E-state index contributed by atoms with van der Waals surface area (Å²) in [7, 11) is 0. The average Bonchev–Trinajstić information content (AvgIpc) is 3.39. The molecule has 1 saturated carbocycles. The second-order valence-electron chi connectivity index (χ2n) is 9.63. The molecule has 1 atom stereocenters. The van der Waals surface area contributed by atoms with E-state index in [4.69, 9.17) is 4.74 Å². The highest BCUT2D eigenvalue weighted by Crippen LogP contribution is 2.35. The molecule has 0 aromatic carbocycles. The van der Waals surface area contributed by atoms with Gasteiger partial charge in [0.25, 0.3) is 0 Å². The number of fused-ring (bicyclic) bond motifs is 1. The summed E-state index contributed by atoms with van der Waals surface area (Å²) in [6.07, 6.45) is 7.18. The van der Waals surface area contributed by atoms with Crippen molar-refractivity contribution in [2.75, 3.05) is 13.1 Å². The maximum absolute atomic E-state index is 12.9. The fourth-order valence-corrected chi connectivity index (χ4v) is 4.82. The van der Waals surface area contributed by atoms with Gasteiger partial charge < -0.3 is 14.2 Å². The highest BCUT2D eigenvalue weighted by molar-refractivity contribution is 5.77. The van der Waals surface area contributed by atoms with E-state index >= 15 is 0 Å². The maximum Gasteiger partial charge on any atom is 0.410 e. The van der Waals surface area contributed by atoms with Gasteiger partial charge in [0.2, 0.25) is 5.91 Å². The predicted octanol–water partition coefficient (Wildman–Crippen LogP) is 3.27. The molecule has 4 rings (SSSR count). The molecular formula is C21H33N5O3. The topological polar surface area (TPSA) is 80.6 Å². The third kappa shape index (κ3) is 4.41. The SMILES string of the molecule is CC(C)(C)OC(=O)N1CCn2c(nnc2[C@@H]2CCCN2C(=O)CC2CCCC2)C1. The van der Waals surface area contributed by atoms with Crippen molar-refractivity contribution >= 4 is 12.0 Å². The number of carbonyl (C=O) groups excluding carboxylic acids is 2. The van der Waals surface area contributed by atoms with E-state index in [1.165, 1.54) is 25.7 Å². The molecule has 1 aliphatic carbocycles. The molecule has 0 unspecified atom stereocenters. The molecular weight excluding hydrogens is 370 g/mol. The fraction of sp³-hybridized carbons (Fsp3) is 0.810. The first-order valence-corrected chi connectivity index (χ1v) is 11.0. The number of amides is 2. The minimum Gasteiger partial charge on any atom is -0.444 e. The number of aromatic nitrogens is 3. The Kier molecular flexibility index (Phi) is 5.53. The first-order chi connectivity index (χ1) is 13.8. The Morgan fingerprint density at radius 2 is 1.79 bits per heavy atom. The Hall–Kier alpha value is -2.12. The van der Waals surface area contributed by atoms with Crippen molar-refractivity contribution in [3.63, 3.8) is 0 Å². The molecule has 2 amide bonds. The van der Waals surface area contributed by atoms with E-state index in [-0.39, 0.29) is 18.0 Å². The van der Waals surface area contributed by atoms with Gasteiger partial charge >= 0.3 is 6.09 Å². The monoisotopic (exact) mass is 403 g/mol. The zero-order valence-corrected chi connectivity index (χ0v) is 17.9. The average molecular weight is 404 g/mol. The van der Waals surface area contributed by atoms with Crippen molar-refractivity contribution in [3.8, 4) is 0 Å². The van der Waals surface area contributed by atoms with Crippen LogP contribution in [0.2, 0.25) is 0 Å². The lowest BCUT2D eigenvalue weighted by Crippen LogP contribution is -2.42. The Bertz CT molecular complexity index is 763. The van der Waals surface area contributed by atoms with Crippen LogP contribution in [0, 0.1) is 5.92 Å². The molecule has 8 heteroatoms. The number of rotatable bonds is 3. The predicted molar refractivity (Wildman–Crippen MR) is 107 cm³/mol. The van der Waals surface area contributed by atoms with Crippen LogP contribution < -0.4 is 0 Å². The maximum atomic E-state index is 12.9. The lowest BCUT2D eigenvalue weighted by Gasteiger charge is -2.31. The summed E-state index contributed by atoms with van der Waals surface area (Å²) >= 11 is 0. The van der Waals surface area contributed by atoms with Crippen molar-refractivity contribution in [2.24, 2.45) is 5.92 Å². The van der Waals surface area contributed by atoms with Gasteiger partial charge in [-0.3, -0.25) is 9.69 Å². The van der Waals surface area contributed by atoms with Crippen molar-refractivity contribution in [3.05, 3.63) is 11.6 Å². The van der Waals surface area contributed by atoms with Crippen molar-refractivity contribution in [2.45, 2.75) is 90.4 Å². The summed E-state index contributed by atoms with van der Waals surface area (Å²) in [6, 6.07) is 0.0122. The molecule has 160 valence electrons. The zero-order valence-electron chi connectivity index (χ0n) is 17.9. The van der Waals surface area contributed by atoms with Crippen molar-refractivity contribution in [1.29, 1.82) is 0 Å². The lowest BCUT2D eigenvalue weighted by atomic mass is 10.0. The quantitative estimate of drug-likeness (QED) is 0.774. The van der Waals surface area contributed by atoms with Gasteiger partial charge in [-0.05, 0) is 52.4 Å². The van der Waals surface area contributed by atoms with Crippen LogP contribution in [-0.4, -0.2) is 55.3 Å². The first kappa shape index (κ1) is 20.2. The Balaban J connectivity index is 1.44. The van der Waals surface area contributed by atoms with Crippen LogP contribution in [0.4, 0.5) is 4.79 Å². The number of carbonyl (C=O) groups is 2. The van der Waals surface area contributed by atoms with Crippen LogP contribution in [0.25, 0.3) is 0 Å². The Morgan fingerprint density at radius 3 is 2.52 bits per heavy atom. The molecule has 2 fully saturated rings. The standard InChI is InChI=1S/C21H33N5O3/c1-21(2,3)29-20(28)24-11-12-26-17(14-24)22-23-19(26)16-9-6-10-25(16)18(27)13-15-7-4-5-8-15/h15-16H,4-14H2,1-3H3/t16-/m0/s1. The van der Waals surface area contributed by atoms with E-state index < -0.39 is 5.60 Å². The molecule has 3 aliphatic rings. The molecule has 1 aromatic heterocycles. The van der Waals surface area contributed by atoms with Gasteiger partial charge in [0, 0.05) is 26.1 Å². The van der Waals surface area contributed by atoms with Gasteiger partial charge in [-0.15, -0.1) is 10.2 Å². The second-order valence-corrected chi connectivity index (χ2v) is 9.63. The molecule has 3 heterocycles. The van der Waals surface area contributed by atoms with E-state index in [0.29, 0.717) is 32.0 Å². The van der Waals surface area contributed by atoms with Gasteiger partial charge in [0.15, 0.2) is 11.6 Å². The minimum absolute atomic E-state index is 0.0122. The summed E-state index contributed by atoms with van der Waals surface area (Å²) < 4.78 is 7.59. The molecule has 2 aliphatic heterocycles. The van der Waals surface area contributed by atoms with Crippen LogP contribution in [-0.2, 0) is 22.6 Å². The van der Waals surface area contributed by atoms with E-state index in [9.17, 15) is 9.59 Å². The number of hydrogen-bond donors (Lipinski definition) is 0. The summed E-state index contributed by atoms with van der Waals surface area (Å²) in [5, 5.41) is 8.81. The van der Waals surface area contributed by atoms with Crippen LogP contribution in [0.3, 0.4) is 0 Å². The molecule has 29 heavy (non-hydrogen) atoms. The Morgan fingerprint density at radius 1 is 1.03 bits per heavy atom. The largest absolute Gasteiger partial charge is 0.444 e. The number of likely N-dealkylation sites (tertiary alicyclic amines) is 1. The van der Waals surface area contributed by atoms with Crippen LogP contribution in [0.15, 0.2) is 0 Å². The molecule has 0 spiro atoms. The van der Waals surface area contributed by atoms with E-state index in [1.54, 1.807) is 4.90 Å². The lowest BCUT2D eigenvalue weighted by molar-refractivity contribution is -0.133. The molecule has 1 aromatic rings. The van der Waals surface area contributed by atoms with Crippen molar-refractivity contribution in [1.82, 2.24) is 24.6 Å². The zero-order chi connectivity index (χ0) is 20.6. The summed E-state index contributed by atoms with van der Waals surface area (Å²) in [5.41, 5.74) is -0.516. The number of hydrogen-bond acceptors (Lipinski definition) is 5. The number of ether oxygens (including phenoxy) is 1. The van der Waals surface area contributed by atoms with Crippen molar-refractivity contribution < 1.29 is 14.3 Å². The summed E-state index contributed by atoms with van der Waals surface area (Å²) in [4.78, 5) is 29.0. The minimum atomic E-state index is -0.516.